The highest BCUT2D eigenvalue weighted by molar-refractivity contribution is 5.87. The zero-order valence-electron chi connectivity index (χ0n) is 12.9. The van der Waals surface area contributed by atoms with Crippen LogP contribution in [0.15, 0.2) is 54.6 Å². The van der Waals surface area contributed by atoms with Crippen molar-refractivity contribution in [3.05, 3.63) is 65.7 Å². The third kappa shape index (κ3) is 6.22. The van der Waals surface area contributed by atoms with Crippen LogP contribution < -0.4 is 16.4 Å². The van der Waals surface area contributed by atoms with E-state index in [4.69, 9.17) is 5.73 Å². The fourth-order valence-corrected chi connectivity index (χ4v) is 2.29. The maximum atomic E-state index is 11.9. The van der Waals surface area contributed by atoms with Crippen molar-refractivity contribution in [2.24, 2.45) is 5.73 Å². The largest absolute Gasteiger partial charge is 0.352 e. The number of carbonyl (C=O) groups excluding carboxylic acids is 2. The molecule has 0 unspecified atom stereocenters. The van der Waals surface area contributed by atoms with Crippen molar-refractivity contribution in [2.75, 3.05) is 5.32 Å². The number of benzene rings is 2. The van der Waals surface area contributed by atoms with E-state index < -0.39 is 6.03 Å². The van der Waals surface area contributed by atoms with E-state index in [-0.39, 0.29) is 5.91 Å². The van der Waals surface area contributed by atoms with Gasteiger partial charge in [0.05, 0.1) is 0 Å². The number of anilines is 1. The molecule has 120 valence electrons. The summed E-state index contributed by atoms with van der Waals surface area (Å²) in [6.07, 6.45) is 2.21. The van der Waals surface area contributed by atoms with E-state index >= 15 is 0 Å². The molecule has 5 nitrogen and oxygen atoms in total. The first-order valence-corrected chi connectivity index (χ1v) is 7.59. The lowest BCUT2D eigenvalue weighted by molar-refractivity contribution is -0.121. The van der Waals surface area contributed by atoms with Crippen LogP contribution in [0.4, 0.5) is 10.5 Å². The van der Waals surface area contributed by atoms with Crippen molar-refractivity contribution < 1.29 is 9.59 Å². The summed E-state index contributed by atoms with van der Waals surface area (Å²) in [4.78, 5) is 22.7. The molecule has 4 N–H and O–H groups in total. The molecule has 0 aliphatic heterocycles. The smallest absolute Gasteiger partial charge is 0.316 e. The highest BCUT2D eigenvalue weighted by Crippen LogP contribution is 2.10. The quantitative estimate of drug-likeness (QED) is 0.734. The van der Waals surface area contributed by atoms with Gasteiger partial charge in [0, 0.05) is 18.7 Å². The third-order valence-electron chi connectivity index (χ3n) is 3.40. The first-order valence-electron chi connectivity index (χ1n) is 7.59. The summed E-state index contributed by atoms with van der Waals surface area (Å²) in [6.45, 7) is 0.429. The van der Waals surface area contributed by atoms with Crippen molar-refractivity contribution in [3.8, 4) is 0 Å². The van der Waals surface area contributed by atoms with Crippen LogP contribution in [-0.2, 0) is 17.8 Å². The van der Waals surface area contributed by atoms with Crippen molar-refractivity contribution in [1.29, 1.82) is 0 Å². The number of hydrogen-bond donors (Lipinski definition) is 3. The topological polar surface area (TPSA) is 84.2 Å². The lowest BCUT2D eigenvalue weighted by Crippen LogP contribution is -2.23. The molecule has 3 amide bonds. The Morgan fingerprint density at radius 3 is 2.43 bits per heavy atom. The molecule has 0 atom stereocenters. The number of urea groups is 1. The van der Waals surface area contributed by atoms with Crippen LogP contribution >= 0.6 is 0 Å². The van der Waals surface area contributed by atoms with E-state index in [9.17, 15) is 9.59 Å². The number of rotatable bonds is 7. The molecule has 0 saturated heterocycles. The zero-order chi connectivity index (χ0) is 16.5. The second kappa shape index (κ2) is 8.58. The van der Waals surface area contributed by atoms with Gasteiger partial charge in [-0.2, -0.15) is 0 Å². The second-order valence-electron chi connectivity index (χ2n) is 5.31. The van der Waals surface area contributed by atoms with Crippen molar-refractivity contribution in [1.82, 2.24) is 5.32 Å². The molecule has 2 aromatic carbocycles. The Morgan fingerprint density at radius 2 is 1.70 bits per heavy atom. The van der Waals surface area contributed by atoms with Gasteiger partial charge in [0.15, 0.2) is 0 Å². The lowest BCUT2D eigenvalue weighted by atomic mass is 10.1. The van der Waals surface area contributed by atoms with Gasteiger partial charge in [-0.1, -0.05) is 42.5 Å². The molecular formula is C18H21N3O2. The first kappa shape index (κ1) is 16.5. The zero-order valence-corrected chi connectivity index (χ0v) is 12.9. The molecule has 0 radical (unpaired) electrons. The second-order valence-corrected chi connectivity index (χ2v) is 5.31. The van der Waals surface area contributed by atoms with Crippen LogP contribution in [0.1, 0.15) is 24.0 Å². The standard InChI is InChI=1S/C18H21N3O2/c19-18(23)21-16-10-4-9-15(12-16)13-20-17(22)11-5-8-14-6-2-1-3-7-14/h1-4,6-7,9-10,12H,5,8,11,13H2,(H,20,22)(H3,19,21,23). The molecule has 0 bridgehead atoms. The maximum absolute atomic E-state index is 11.9. The Kier molecular flexibility index (Phi) is 6.17. The number of aryl methyl sites for hydroxylation is 1. The number of amides is 3. The van der Waals surface area contributed by atoms with E-state index in [0.717, 1.165) is 18.4 Å². The summed E-state index contributed by atoms with van der Waals surface area (Å²) in [5.41, 5.74) is 7.85. The molecule has 0 aliphatic carbocycles. The van der Waals surface area contributed by atoms with E-state index in [2.05, 4.69) is 22.8 Å². The number of nitrogens with one attached hydrogen (secondary N) is 2. The monoisotopic (exact) mass is 311 g/mol. The predicted molar refractivity (Wildman–Crippen MR) is 90.9 cm³/mol. The predicted octanol–water partition coefficient (Wildman–Crippen LogP) is 2.82. The van der Waals surface area contributed by atoms with Gasteiger partial charge in [0.1, 0.15) is 0 Å². The molecule has 0 aliphatic rings. The van der Waals surface area contributed by atoms with Gasteiger partial charge in [-0.25, -0.2) is 4.79 Å². The molecule has 2 aromatic rings. The van der Waals surface area contributed by atoms with Crippen LogP contribution in [0, 0.1) is 0 Å². The summed E-state index contributed by atoms with van der Waals surface area (Å²) in [5, 5.41) is 5.39. The first-order chi connectivity index (χ1) is 11.1. The summed E-state index contributed by atoms with van der Waals surface area (Å²) >= 11 is 0. The summed E-state index contributed by atoms with van der Waals surface area (Å²) in [7, 11) is 0. The van der Waals surface area contributed by atoms with Crippen LogP contribution in [0.5, 0.6) is 0 Å². The van der Waals surface area contributed by atoms with Gasteiger partial charge >= 0.3 is 6.03 Å². The molecule has 0 spiro atoms. The van der Waals surface area contributed by atoms with E-state index in [1.807, 2.05) is 30.3 Å². The molecular weight excluding hydrogens is 290 g/mol. The van der Waals surface area contributed by atoms with Crippen LogP contribution in [0.2, 0.25) is 0 Å². The maximum Gasteiger partial charge on any atom is 0.316 e. The average molecular weight is 311 g/mol. The average Bonchev–Trinajstić information content (AvgIpc) is 2.54. The van der Waals surface area contributed by atoms with Crippen LogP contribution in [-0.4, -0.2) is 11.9 Å². The summed E-state index contributed by atoms with van der Waals surface area (Å²) in [5.74, 6) is 0.0224. The molecule has 0 fully saturated rings. The van der Waals surface area contributed by atoms with Gasteiger partial charge in [-0.05, 0) is 36.1 Å². The summed E-state index contributed by atoms with van der Waals surface area (Å²) in [6, 6.07) is 16.7. The van der Waals surface area contributed by atoms with Crippen LogP contribution in [0.25, 0.3) is 0 Å². The Morgan fingerprint density at radius 1 is 0.957 bits per heavy atom. The van der Waals surface area contributed by atoms with Crippen molar-refractivity contribution in [3.63, 3.8) is 0 Å². The SMILES string of the molecule is NC(=O)Nc1cccc(CNC(=O)CCCc2ccccc2)c1. The lowest BCUT2D eigenvalue weighted by Gasteiger charge is -2.08. The Labute approximate surface area is 135 Å². The van der Waals surface area contributed by atoms with Gasteiger partial charge < -0.3 is 16.4 Å². The molecule has 0 saturated carbocycles. The molecule has 5 heteroatoms. The molecule has 2 rings (SSSR count). The van der Waals surface area contributed by atoms with Crippen LogP contribution in [0.3, 0.4) is 0 Å². The van der Waals surface area contributed by atoms with Gasteiger partial charge in [0.25, 0.3) is 0 Å². The van der Waals surface area contributed by atoms with Gasteiger partial charge in [0.2, 0.25) is 5.91 Å². The van der Waals surface area contributed by atoms with E-state index in [1.54, 1.807) is 12.1 Å². The molecule has 0 aromatic heterocycles. The van der Waals surface area contributed by atoms with Crippen molar-refractivity contribution in [2.45, 2.75) is 25.8 Å². The minimum Gasteiger partial charge on any atom is -0.352 e. The van der Waals surface area contributed by atoms with Gasteiger partial charge in [-0.3, -0.25) is 4.79 Å². The Balaban J connectivity index is 1.72. The summed E-state index contributed by atoms with van der Waals surface area (Å²) < 4.78 is 0. The van der Waals surface area contributed by atoms with E-state index in [1.165, 1.54) is 5.56 Å². The molecule has 0 heterocycles. The number of carbonyl (C=O) groups is 2. The number of hydrogen-bond acceptors (Lipinski definition) is 2. The third-order valence-corrected chi connectivity index (χ3v) is 3.40. The normalized spacial score (nSPS) is 10.1. The van der Waals surface area contributed by atoms with Gasteiger partial charge in [-0.15, -0.1) is 0 Å². The minimum absolute atomic E-state index is 0.0224. The Hall–Kier alpha value is -2.82. The Bertz CT molecular complexity index is 656. The number of nitrogens with two attached hydrogens (primary N) is 1. The van der Waals surface area contributed by atoms with Crippen molar-refractivity contribution >= 4 is 17.6 Å². The highest BCUT2D eigenvalue weighted by Gasteiger charge is 2.03. The highest BCUT2D eigenvalue weighted by atomic mass is 16.2. The fraction of sp³-hybridized carbons (Fsp3) is 0.222. The molecule has 23 heavy (non-hydrogen) atoms. The number of primary amides is 1. The van der Waals surface area contributed by atoms with E-state index in [0.29, 0.717) is 18.7 Å². The fourth-order valence-electron chi connectivity index (χ4n) is 2.29. The minimum atomic E-state index is -0.605.